The monoisotopic (exact) mass is 161 g/mol. The predicted octanol–water partition coefficient (Wildman–Crippen LogP) is 4.75. The minimum Gasteiger partial charge on any atom is -0.0922 e. The molecule has 0 aromatic carbocycles. The highest BCUT2D eigenvalue weighted by atomic mass is 14.0. The van der Waals surface area contributed by atoms with E-state index in [1.54, 1.807) is 0 Å². The van der Waals surface area contributed by atoms with Gasteiger partial charge in [0, 0.05) is 0 Å². The SMILES string of the molecule is C.C.C.CC(C)(C)C.C[B]C. The lowest BCUT2D eigenvalue weighted by molar-refractivity contribution is 0.469. The fraction of sp³-hybridized carbons (Fsp3) is 1.00. The van der Waals surface area contributed by atoms with Gasteiger partial charge in [0.1, 0.15) is 7.28 Å². The zero-order valence-electron chi connectivity index (χ0n) is 7.08. The second-order valence-corrected chi connectivity index (χ2v) is 3.58. The van der Waals surface area contributed by atoms with Crippen molar-refractivity contribution >= 4 is 7.28 Å². The summed E-state index contributed by atoms with van der Waals surface area (Å²) in [5.41, 5.74) is 0.500. The van der Waals surface area contributed by atoms with Gasteiger partial charge in [0.15, 0.2) is 0 Å². The van der Waals surface area contributed by atoms with E-state index in [0.717, 1.165) is 0 Å². The second-order valence-electron chi connectivity index (χ2n) is 3.58. The molecule has 0 saturated heterocycles. The molecule has 0 aliphatic rings. The van der Waals surface area contributed by atoms with Crippen molar-refractivity contribution in [3.8, 4) is 0 Å². The molecule has 0 aliphatic heterocycles. The number of hydrogen-bond acceptors (Lipinski definition) is 0. The van der Waals surface area contributed by atoms with Crippen LogP contribution in [0.1, 0.15) is 50.0 Å². The van der Waals surface area contributed by atoms with E-state index in [9.17, 15) is 0 Å². The zero-order chi connectivity index (χ0) is 7.21. The van der Waals surface area contributed by atoms with Crippen LogP contribution in [0.5, 0.6) is 0 Å². The maximum atomic E-state index is 2.19. The largest absolute Gasteiger partial charge is 0.102 e. The molecule has 73 valence electrons. The van der Waals surface area contributed by atoms with Crippen molar-refractivity contribution < 1.29 is 0 Å². The molecule has 0 spiro atoms. The molecular formula is C10H30B. The van der Waals surface area contributed by atoms with Gasteiger partial charge in [0.2, 0.25) is 0 Å². The van der Waals surface area contributed by atoms with Crippen LogP contribution < -0.4 is 0 Å². The van der Waals surface area contributed by atoms with Crippen LogP contribution in [0.2, 0.25) is 13.6 Å². The fourth-order valence-electron chi connectivity index (χ4n) is 0. The molecule has 0 atom stereocenters. The van der Waals surface area contributed by atoms with Crippen LogP contribution in [0.15, 0.2) is 0 Å². The maximum absolute atomic E-state index is 2.19. The van der Waals surface area contributed by atoms with Gasteiger partial charge in [-0.15, -0.1) is 0 Å². The van der Waals surface area contributed by atoms with Crippen LogP contribution in [0.4, 0.5) is 0 Å². The van der Waals surface area contributed by atoms with Crippen molar-refractivity contribution in [3.63, 3.8) is 0 Å². The molecule has 0 fully saturated rings. The number of hydrogen-bond donors (Lipinski definition) is 0. The molecule has 0 aromatic heterocycles. The van der Waals surface area contributed by atoms with Crippen molar-refractivity contribution in [2.45, 2.75) is 63.6 Å². The number of rotatable bonds is 0. The third kappa shape index (κ3) is 155000. The Morgan fingerprint density at radius 3 is 0.727 bits per heavy atom. The zero-order valence-corrected chi connectivity index (χ0v) is 7.08. The molecule has 1 heteroatoms. The minimum atomic E-state index is 0. The summed E-state index contributed by atoms with van der Waals surface area (Å²) in [6, 6.07) is 0. The van der Waals surface area contributed by atoms with Gasteiger partial charge < -0.3 is 0 Å². The molecular weight excluding hydrogens is 131 g/mol. The van der Waals surface area contributed by atoms with Gasteiger partial charge in [0.25, 0.3) is 0 Å². The van der Waals surface area contributed by atoms with Gasteiger partial charge in [-0.3, -0.25) is 0 Å². The smallest absolute Gasteiger partial charge is 0.0922 e. The van der Waals surface area contributed by atoms with Crippen molar-refractivity contribution in [1.82, 2.24) is 0 Å². The summed E-state index contributed by atoms with van der Waals surface area (Å²) in [6.07, 6.45) is 0. The third-order valence-electron chi connectivity index (χ3n) is 0. The fourth-order valence-corrected chi connectivity index (χ4v) is 0. The normalized spacial score (nSPS) is 6.73. The average molecular weight is 161 g/mol. The average Bonchev–Trinajstić information content (AvgIpc) is 1.27. The highest BCUT2D eigenvalue weighted by Gasteiger charge is 1.95. The Balaban J connectivity index is -0.0000000183. The van der Waals surface area contributed by atoms with Gasteiger partial charge >= 0.3 is 0 Å². The molecule has 0 aromatic rings. The molecule has 0 aliphatic carbocycles. The molecule has 0 rings (SSSR count). The van der Waals surface area contributed by atoms with Gasteiger partial charge in [0.05, 0.1) is 0 Å². The van der Waals surface area contributed by atoms with Gasteiger partial charge in [-0.1, -0.05) is 63.6 Å². The lowest BCUT2D eigenvalue weighted by atomic mass is 9.88. The highest BCUT2D eigenvalue weighted by Crippen LogP contribution is 2.07. The second kappa shape index (κ2) is 16.6. The van der Waals surface area contributed by atoms with E-state index in [1.165, 1.54) is 0 Å². The van der Waals surface area contributed by atoms with Crippen LogP contribution in [-0.4, -0.2) is 7.28 Å². The topological polar surface area (TPSA) is 0 Å². The molecule has 1 radical (unpaired) electrons. The van der Waals surface area contributed by atoms with Crippen molar-refractivity contribution in [2.75, 3.05) is 0 Å². The van der Waals surface area contributed by atoms with E-state index in [2.05, 4.69) is 27.7 Å². The van der Waals surface area contributed by atoms with Gasteiger partial charge in [-0.05, 0) is 5.41 Å². The molecule has 0 amide bonds. The molecule has 0 saturated carbocycles. The Morgan fingerprint density at radius 2 is 0.727 bits per heavy atom. The molecule has 0 unspecified atom stereocenters. The highest BCUT2D eigenvalue weighted by molar-refractivity contribution is 6.31. The Hall–Kier alpha value is 0.0649. The Kier molecular flexibility index (Phi) is 45.9. The summed E-state index contributed by atoms with van der Waals surface area (Å²) >= 11 is 0. The molecule has 0 nitrogen and oxygen atoms in total. The summed E-state index contributed by atoms with van der Waals surface area (Å²) in [4.78, 5) is 0. The van der Waals surface area contributed by atoms with Crippen LogP contribution in [0, 0.1) is 5.41 Å². The summed E-state index contributed by atoms with van der Waals surface area (Å²) in [6.45, 7) is 12.8. The van der Waals surface area contributed by atoms with E-state index < -0.39 is 0 Å². The molecule has 0 heterocycles. The van der Waals surface area contributed by atoms with Crippen LogP contribution in [-0.2, 0) is 0 Å². The summed E-state index contributed by atoms with van der Waals surface area (Å²) in [5, 5.41) is 0. The standard InChI is InChI=1S/C5H12.C2H6B.3CH4/c1-5(2,3)4;1-3-2;;;/h1-4H3;1-2H3;3*1H4. The quantitative estimate of drug-likeness (QED) is 0.450. The van der Waals surface area contributed by atoms with Gasteiger partial charge in [-0.25, -0.2) is 0 Å². The molecule has 0 N–H and O–H groups in total. The van der Waals surface area contributed by atoms with E-state index in [-0.39, 0.29) is 22.3 Å². The van der Waals surface area contributed by atoms with Crippen LogP contribution in [0.25, 0.3) is 0 Å². The molecule has 11 heavy (non-hydrogen) atoms. The van der Waals surface area contributed by atoms with Crippen LogP contribution in [0.3, 0.4) is 0 Å². The van der Waals surface area contributed by atoms with E-state index in [1.807, 2.05) is 20.9 Å². The first-order valence-corrected chi connectivity index (χ1v) is 3.15. The van der Waals surface area contributed by atoms with E-state index in [4.69, 9.17) is 0 Å². The molecule has 0 bridgehead atoms. The summed E-state index contributed by atoms with van der Waals surface area (Å²) in [7, 11) is 2.00. The predicted molar refractivity (Wildman–Crippen MR) is 62.8 cm³/mol. The lowest BCUT2D eigenvalue weighted by Crippen LogP contribution is -1.93. The Bertz CT molecular complexity index is 28.6. The maximum Gasteiger partial charge on any atom is 0.102 e. The van der Waals surface area contributed by atoms with Crippen molar-refractivity contribution in [1.29, 1.82) is 0 Å². The first-order chi connectivity index (χ1) is 3.41. The van der Waals surface area contributed by atoms with Crippen molar-refractivity contribution in [2.24, 2.45) is 5.41 Å². The van der Waals surface area contributed by atoms with Crippen molar-refractivity contribution in [3.05, 3.63) is 0 Å². The first-order valence-electron chi connectivity index (χ1n) is 3.15. The van der Waals surface area contributed by atoms with E-state index in [0.29, 0.717) is 5.41 Å². The summed E-state index contributed by atoms with van der Waals surface area (Å²) < 4.78 is 0. The van der Waals surface area contributed by atoms with E-state index >= 15 is 0 Å². The third-order valence-corrected chi connectivity index (χ3v) is 0. The Morgan fingerprint density at radius 1 is 0.727 bits per heavy atom. The lowest BCUT2D eigenvalue weighted by Gasteiger charge is -2.05. The minimum absolute atomic E-state index is 0. The van der Waals surface area contributed by atoms with Gasteiger partial charge in [-0.2, -0.15) is 0 Å². The summed E-state index contributed by atoms with van der Waals surface area (Å²) in [5.74, 6) is 0. The Labute approximate surface area is 77.0 Å². The first kappa shape index (κ1) is 30.5. The van der Waals surface area contributed by atoms with Crippen LogP contribution >= 0.6 is 0 Å².